The molecule has 0 unspecified atom stereocenters. The molecule has 0 N–H and O–H groups in total. The summed E-state index contributed by atoms with van der Waals surface area (Å²) in [5, 5.41) is 0. The van der Waals surface area contributed by atoms with E-state index in [1.807, 2.05) is 0 Å². The van der Waals surface area contributed by atoms with Crippen molar-refractivity contribution in [3.8, 4) is 0 Å². The Morgan fingerprint density at radius 1 is 0.833 bits per heavy atom. The van der Waals surface area contributed by atoms with E-state index in [-0.39, 0.29) is 56.4 Å². The molecule has 0 spiro atoms. The number of allylic oxidation sites excluding steroid dienone is 4. The summed E-state index contributed by atoms with van der Waals surface area (Å²) in [6.07, 6.45) is 9.74. The van der Waals surface area contributed by atoms with Gasteiger partial charge in [-0.1, -0.05) is 72.1 Å². The standard InChI is InChI=1S/C15H25.2ClH.Zr/c1-6-12-11-15(9-4,10-5)14(8-3)13(12)7-2;;;/h6-10H2,1-5H3;2*1H;/q-1;;;. The van der Waals surface area contributed by atoms with Gasteiger partial charge < -0.3 is 0 Å². The minimum Gasteiger partial charge on any atom is -0.262 e. The molecular formula is C15H27Cl2Zr-. The molecule has 0 aromatic heterocycles. The van der Waals surface area contributed by atoms with Crippen LogP contribution in [0, 0.1) is 11.5 Å². The molecule has 0 atom stereocenters. The number of rotatable bonds is 5. The fourth-order valence-electron chi connectivity index (χ4n) is 3.04. The summed E-state index contributed by atoms with van der Waals surface area (Å²) >= 11 is 0. The Morgan fingerprint density at radius 2 is 1.33 bits per heavy atom. The van der Waals surface area contributed by atoms with Crippen LogP contribution in [0.15, 0.2) is 16.7 Å². The van der Waals surface area contributed by atoms with Crippen molar-refractivity contribution in [1.82, 2.24) is 0 Å². The van der Waals surface area contributed by atoms with Gasteiger partial charge in [-0.15, -0.1) is 24.8 Å². The van der Waals surface area contributed by atoms with Gasteiger partial charge in [-0.2, -0.15) is 11.1 Å². The van der Waals surface area contributed by atoms with Gasteiger partial charge in [0.25, 0.3) is 0 Å². The third kappa shape index (κ3) is 4.22. The summed E-state index contributed by atoms with van der Waals surface area (Å²) in [6, 6.07) is 0. The van der Waals surface area contributed by atoms with Crippen molar-refractivity contribution in [1.29, 1.82) is 0 Å². The van der Waals surface area contributed by atoms with Gasteiger partial charge in [0.15, 0.2) is 0 Å². The largest absolute Gasteiger partial charge is 0.262 e. The van der Waals surface area contributed by atoms with Crippen LogP contribution in [0.4, 0.5) is 0 Å². The molecule has 0 aliphatic heterocycles. The molecule has 18 heavy (non-hydrogen) atoms. The normalized spacial score (nSPS) is 16.4. The number of halogens is 2. The predicted octanol–water partition coefficient (Wildman–Crippen LogP) is 5.90. The second kappa shape index (κ2) is 10.7. The molecule has 106 valence electrons. The molecule has 0 saturated heterocycles. The van der Waals surface area contributed by atoms with Gasteiger partial charge >= 0.3 is 0 Å². The Labute approximate surface area is 145 Å². The van der Waals surface area contributed by atoms with Crippen molar-refractivity contribution >= 4 is 24.8 Å². The van der Waals surface area contributed by atoms with Gasteiger partial charge in [-0.05, 0) is 0 Å². The van der Waals surface area contributed by atoms with E-state index >= 15 is 0 Å². The van der Waals surface area contributed by atoms with Gasteiger partial charge in [-0.25, -0.2) is 5.57 Å². The average Bonchev–Trinajstić information content (AvgIpc) is 2.62. The summed E-state index contributed by atoms with van der Waals surface area (Å²) in [5.74, 6) is 0. The van der Waals surface area contributed by atoms with Crippen LogP contribution in [-0.2, 0) is 26.2 Å². The molecule has 0 nitrogen and oxygen atoms in total. The van der Waals surface area contributed by atoms with Crippen LogP contribution in [0.25, 0.3) is 0 Å². The molecule has 0 radical (unpaired) electrons. The molecule has 0 heterocycles. The topological polar surface area (TPSA) is 0 Å². The summed E-state index contributed by atoms with van der Waals surface area (Å²) < 4.78 is 0. The van der Waals surface area contributed by atoms with E-state index in [4.69, 9.17) is 0 Å². The molecule has 1 aliphatic carbocycles. The Balaban J connectivity index is -0.000000750. The Bertz CT molecular complexity index is 289. The van der Waals surface area contributed by atoms with Crippen LogP contribution >= 0.6 is 24.8 Å². The zero-order chi connectivity index (χ0) is 11.5. The van der Waals surface area contributed by atoms with Crippen molar-refractivity contribution in [3.05, 3.63) is 22.8 Å². The first-order valence-electron chi connectivity index (χ1n) is 6.55. The van der Waals surface area contributed by atoms with Crippen LogP contribution in [0.1, 0.15) is 66.7 Å². The van der Waals surface area contributed by atoms with E-state index in [0.717, 1.165) is 6.42 Å². The summed E-state index contributed by atoms with van der Waals surface area (Å²) in [7, 11) is 0. The molecule has 0 saturated carbocycles. The van der Waals surface area contributed by atoms with Gasteiger partial charge in [0, 0.05) is 26.2 Å². The second-order valence-corrected chi connectivity index (χ2v) is 4.41. The predicted molar refractivity (Wildman–Crippen MR) is 82.2 cm³/mol. The third-order valence-corrected chi connectivity index (χ3v) is 3.96. The van der Waals surface area contributed by atoms with E-state index in [1.165, 1.54) is 31.3 Å². The Kier molecular flexibility index (Phi) is 14.3. The maximum atomic E-state index is 3.80. The molecule has 1 rings (SSSR count). The van der Waals surface area contributed by atoms with Crippen LogP contribution in [0.3, 0.4) is 0 Å². The maximum absolute atomic E-state index is 3.80. The van der Waals surface area contributed by atoms with Crippen molar-refractivity contribution < 1.29 is 26.2 Å². The number of hydrogen-bond donors (Lipinski definition) is 0. The fraction of sp³-hybridized carbons (Fsp3) is 0.733. The molecule has 3 heteroatoms. The van der Waals surface area contributed by atoms with Gasteiger partial charge in [0.2, 0.25) is 0 Å². The molecule has 0 bridgehead atoms. The Morgan fingerprint density at radius 3 is 1.61 bits per heavy atom. The average molecular weight is 370 g/mol. The second-order valence-electron chi connectivity index (χ2n) is 4.41. The maximum Gasteiger partial charge on any atom is 0 e. The molecule has 0 aromatic carbocycles. The number of hydrogen-bond acceptors (Lipinski definition) is 0. The van der Waals surface area contributed by atoms with E-state index in [2.05, 4.69) is 40.7 Å². The molecule has 0 aromatic rings. The minimum atomic E-state index is 0. The first-order valence-corrected chi connectivity index (χ1v) is 6.55. The van der Waals surface area contributed by atoms with Crippen molar-refractivity contribution in [2.24, 2.45) is 5.41 Å². The zero-order valence-corrected chi connectivity index (χ0v) is 16.4. The zero-order valence-electron chi connectivity index (χ0n) is 12.4. The van der Waals surface area contributed by atoms with Gasteiger partial charge in [0.05, 0.1) is 0 Å². The van der Waals surface area contributed by atoms with Gasteiger partial charge in [0.1, 0.15) is 0 Å². The van der Waals surface area contributed by atoms with Crippen LogP contribution in [-0.4, -0.2) is 0 Å². The molecular weight excluding hydrogens is 342 g/mol. The van der Waals surface area contributed by atoms with Crippen molar-refractivity contribution in [3.63, 3.8) is 0 Å². The molecule has 0 fully saturated rings. The fourth-order valence-corrected chi connectivity index (χ4v) is 3.04. The van der Waals surface area contributed by atoms with Crippen LogP contribution < -0.4 is 0 Å². The first kappa shape index (κ1) is 24.0. The van der Waals surface area contributed by atoms with E-state index < -0.39 is 0 Å². The summed E-state index contributed by atoms with van der Waals surface area (Å²) in [4.78, 5) is 0. The minimum absolute atomic E-state index is 0. The van der Waals surface area contributed by atoms with Gasteiger partial charge in [-0.3, -0.25) is 6.08 Å². The summed E-state index contributed by atoms with van der Waals surface area (Å²) in [6.45, 7) is 11.4. The van der Waals surface area contributed by atoms with E-state index in [1.54, 1.807) is 11.1 Å². The van der Waals surface area contributed by atoms with E-state index in [9.17, 15) is 0 Å². The third-order valence-electron chi connectivity index (χ3n) is 3.96. The molecule has 1 aliphatic rings. The molecule has 0 amide bonds. The van der Waals surface area contributed by atoms with Crippen molar-refractivity contribution in [2.45, 2.75) is 66.7 Å². The Hall–Kier alpha value is 0.943. The summed E-state index contributed by atoms with van der Waals surface area (Å²) in [5.41, 5.74) is 5.07. The SMILES string of the molecule is CCC1=[C-]C(CC)(CC)C(CC)=C1CC.Cl.Cl.[Zr]. The first-order chi connectivity index (χ1) is 7.18. The van der Waals surface area contributed by atoms with Crippen LogP contribution in [0.2, 0.25) is 0 Å². The smallest absolute Gasteiger partial charge is 0 e. The quantitative estimate of drug-likeness (QED) is 0.529. The monoisotopic (exact) mass is 367 g/mol. The van der Waals surface area contributed by atoms with E-state index in [0.29, 0.717) is 0 Å². The van der Waals surface area contributed by atoms with Crippen LogP contribution in [0.5, 0.6) is 0 Å². The van der Waals surface area contributed by atoms with Crippen molar-refractivity contribution in [2.75, 3.05) is 0 Å².